The molecule has 154 valence electrons. The number of anilines is 3. The summed E-state index contributed by atoms with van der Waals surface area (Å²) in [5.41, 5.74) is -0.390. The monoisotopic (exact) mass is 400 g/mol. The van der Waals surface area contributed by atoms with E-state index in [0.717, 1.165) is 22.3 Å². The molecular weight excluding hydrogens is 377 g/mol. The summed E-state index contributed by atoms with van der Waals surface area (Å²) in [6.45, 7) is 6.83. The summed E-state index contributed by atoms with van der Waals surface area (Å²) < 4.78 is 38.5. The first-order chi connectivity index (χ1) is 13.0. The van der Waals surface area contributed by atoms with Gasteiger partial charge >= 0.3 is 6.18 Å². The normalized spacial score (nSPS) is 11.8. The zero-order chi connectivity index (χ0) is 21.1. The van der Waals surface area contributed by atoms with E-state index in [4.69, 9.17) is 0 Å². The summed E-state index contributed by atoms with van der Waals surface area (Å²) in [6, 6.07) is 4.16. The molecule has 8 nitrogen and oxygen atoms in total. The van der Waals surface area contributed by atoms with E-state index in [1.165, 1.54) is 12.1 Å². The van der Waals surface area contributed by atoms with E-state index in [1.807, 2.05) is 0 Å². The van der Waals surface area contributed by atoms with E-state index < -0.39 is 11.7 Å². The summed E-state index contributed by atoms with van der Waals surface area (Å²) in [7, 11) is 0. The topological polar surface area (TPSA) is 97.6 Å². The Morgan fingerprint density at radius 1 is 0.964 bits per heavy atom. The summed E-state index contributed by atoms with van der Waals surface area (Å²) >= 11 is 0. The van der Waals surface area contributed by atoms with Crippen molar-refractivity contribution in [1.29, 1.82) is 0 Å². The average Bonchev–Trinajstić information content (AvgIpc) is 2.64. The smallest absolute Gasteiger partial charge is 0.350 e. The first-order valence-corrected chi connectivity index (χ1v) is 8.61. The van der Waals surface area contributed by atoms with Crippen molar-refractivity contribution in [2.45, 2.75) is 52.5 Å². The Labute approximate surface area is 160 Å². The van der Waals surface area contributed by atoms with Gasteiger partial charge in [0.25, 0.3) is 11.9 Å². The number of hydrogen-bond acceptors (Lipinski definition) is 8. The molecule has 2 rings (SSSR count). The van der Waals surface area contributed by atoms with Crippen LogP contribution in [0.4, 0.5) is 31.0 Å². The molecule has 3 N–H and O–H groups in total. The number of halogens is 3. The number of hydroxylamine groups is 2. The van der Waals surface area contributed by atoms with Crippen LogP contribution >= 0.6 is 0 Å². The highest BCUT2D eigenvalue weighted by Crippen LogP contribution is 2.29. The molecule has 1 heterocycles. The molecule has 1 aromatic heterocycles. The van der Waals surface area contributed by atoms with E-state index in [-0.39, 0.29) is 36.5 Å². The largest absolute Gasteiger partial charge is 0.416 e. The average molecular weight is 400 g/mol. The van der Waals surface area contributed by atoms with E-state index >= 15 is 0 Å². The maximum atomic E-state index is 12.8. The Morgan fingerprint density at radius 2 is 1.50 bits per heavy atom. The van der Waals surface area contributed by atoms with E-state index in [0.29, 0.717) is 5.56 Å². The molecular formula is C17H23F3N6O2. The lowest BCUT2D eigenvalue weighted by Crippen LogP contribution is -2.32. The predicted octanol–water partition coefficient (Wildman–Crippen LogP) is 3.71. The van der Waals surface area contributed by atoms with Crippen LogP contribution < -0.4 is 15.4 Å². The molecule has 0 aliphatic carbocycles. The fourth-order valence-corrected chi connectivity index (χ4v) is 2.14. The van der Waals surface area contributed by atoms with Gasteiger partial charge in [0.1, 0.15) is 0 Å². The summed E-state index contributed by atoms with van der Waals surface area (Å²) in [5, 5.41) is 24.6. The van der Waals surface area contributed by atoms with Crippen molar-refractivity contribution >= 4 is 17.8 Å². The van der Waals surface area contributed by atoms with Crippen LogP contribution in [0.5, 0.6) is 0 Å². The lowest BCUT2D eigenvalue weighted by atomic mass is 10.1. The number of rotatable bonds is 7. The second kappa shape index (κ2) is 8.57. The third-order valence-corrected chi connectivity index (χ3v) is 3.70. The lowest BCUT2D eigenvalue weighted by Gasteiger charge is -2.23. The molecule has 0 spiro atoms. The van der Waals surface area contributed by atoms with Crippen LogP contribution in [0.3, 0.4) is 0 Å². The van der Waals surface area contributed by atoms with Crippen molar-refractivity contribution in [3.63, 3.8) is 0 Å². The first-order valence-electron chi connectivity index (χ1n) is 8.61. The number of nitrogens with one attached hydrogen (secondary N) is 1. The highest BCUT2D eigenvalue weighted by atomic mass is 19.4. The van der Waals surface area contributed by atoms with E-state index in [1.54, 1.807) is 27.7 Å². The standard InChI is InChI=1S/C17H23F3N6O2/c1-10(2)25(27)15-22-14(23-16(24-15)26(28)11(3)4)21-9-12-6-5-7-13(8-12)17(18,19)20/h5-8,10-11,27-28H,9H2,1-4H3,(H,21,22,23,24). The molecule has 0 aliphatic heterocycles. The number of hydrogen-bond donors (Lipinski definition) is 3. The van der Waals surface area contributed by atoms with Gasteiger partial charge in [-0.25, -0.2) is 10.1 Å². The fourth-order valence-electron chi connectivity index (χ4n) is 2.14. The molecule has 0 unspecified atom stereocenters. The first kappa shape index (κ1) is 21.6. The molecule has 0 aliphatic rings. The van der Waals surface area contributed by atoms with Crippen molar-refractivity contribution in [2.75, 3.05) is 15.4 Å². The van der Waals surface area contributed by atoms with Crippen LogP contribution in [0.1, 0.15) is 38.8 Å². The highest BCUT2D eigenvalue weighted by Gasteiger charge is 2.30. The van der Waals surface area contributed by atoms with Crippen LogP contribution in [-0.4, -0.2) is 37.5 Å². The number of aromatic nitrogens is 3. The Morgan fingerprint density at radius 3 is 1.96 bits per heavy atom. The van der Waals surface area contributed by atoms with Gasteiger partial charge in [-0.3, -0.25) is 10.4 Å². The minimum atomic E-state index is -4.44. The second-order valence-electron chi connectivity index (χ2n) is 6.69. The molecule has 0 saturated carbocycles. The van der Waals surface area contributed by atoms with Gasteiger partial charge in [0.2, 0.25) is 5.95 Å². The number of benzene rings is 1. The van der Waals surface area contributed by atoms with Crippen LogP contribution in [0.25, 0.3) is 0 Å². The zero-order valence-corrected chi connectivity index (χ0v) is 15.9. The van der Waals surface area contributed by atoms with Crippen LogP contribution in [-0.2, 0) is 12.7 Å². The molecule has 0 bridgehead atoms. The van der Waals surface area contributed by atoms with Gasteiger partial charge in [-0.15, -0.1) is 0 Å². The molecule has 1 aromatic carbocycles. The molecule has 0 radical (unpaired) electrons. The van der Waals surface area contributed by atoms with Crippen molar-refractivity contribution in [3.05, 3.63) is 35.4 Å². The summed E-state index contributed by atoms with van der Waals surface area (Å²) in [5.74, 6) is -0.214. The molecule has 0 fully saturated rings. The quantitative estimate of drug-likeness (QED) is 0.605. The van der Waals surface area contributed by atoms with Gasteiger partial charge in [0, 0.05) is 6.54 Å². The Kier molecular flexibility index (Phi) is 6.62. The van der Waals surface area contributed by atoms with Crippen molar-refractivity contribution in [1.82, 2.24) is 15.0 Å². The summed E-state index contributed by atoms with van der Waals surface area (Å²) in [6.07, 6.45) is -4.44. The molecule has 0 saturated heterocycles. The van der Waals surface area contributed by atoms with Gasteiger partial charge in [-0.1, -0.05) is 12.1 Å². The molecule has 0 atom stereocenters. The minimum absolute atomic E-state index is 0.00295. The third kappa shape index (κ3) is 5.42. The molecule has 28 heavy (non-hydrogen) atoms. The van der Waals surface area contributed by atoms with Crippen molar-refractivity contribution < 1.29 is 23.6 Å². The third-order valence-electron chi connectivity index (χ3n) is 3.70. The van der Waals surface area contributed by atoms with Gasteiger partial charge in [0.15, 0.2) is 0 Å². The number of alkyl halides is 3. The van der Waals surface area contributed by atoms with E-state index in [2.05, 4.69) is 20.3 Å². The second-order valence-corrected chi connectivity index (χ2v) is 6.69. The fraction of sp³-hybridized carbons (Fsp3) is 0.471. The lowest BCUT2D eigenvalue weighted by molar-refractivity contribution is -0.137. The summed E-state index contributed by atoms with van der Waals surface area (Å²) in [4.78, 5) is 12.1. The molecule has 2 aromatic rings. The van der Waals surface area contributed by atoms with Crippen LogP contribution in [0.15, 0.2) is 24.3 Å². The maximum Gasteiger partial charge on any atom is 0.416 e. The van der Waals surface area contributed by atoms with Crippen LogP contribution in [0.2, 0.25) is 0 Å². The van der Waals surface area contributed by atoms with Crippen LogP contribution in [0, 0.1) is 0 Å². The minimum Gasteiger partial charge on any atom is -0.350 e. The van der Waals surface area contributed by atoms with Crippen molar-refractivity contribution in [3.8, 4) is 0 Å². The van der Waals surface area contributed by atoms with Gasteiger partial charge in [0.05, 0.1) is 17.6 Å². The Hall–Kier alpha value is -2.66. The zero-order valence-electron chi connectivity index (χ0n) is 15.9. The van der Waals surface area contributed by atoms with Crippen molar-refractivity contribution in [2.24, 2.45) is 0 Å². The molecule has 0 amide bonds. The molecule has 11 heteroatoms. The van der Waals surface area contributed by atoms with Gasteiger partial charge in [-0.05, 0) is 45.4 Å². The van der Waals surface area contributed by atoms with E-state index in [9.17, 15) is 23.6 Å². The highest BCUT2D eigenvalue weighted by molar-refractivity contribution is 5.43. The Balaban J connectivity index is 2.29. The van der Waals surface area contributed by atoms with Gasteiger partial charge in [-0.2, -0.15) is 28.1 Å². The maximum absolute atomic E-state index is 12.8. The van der Waals surface area contributed by atoms with Gasteiger partial charge < -0.3 is 5.32 Å². The Bertz CT molecular complexity index is 768. The SMILES string of the molecule is CC(C)N(O)c1nc(NCc2cccc(C(F)(F)F)c2)nc(N(O)C(C)C)n1. The predicted molar refractivity (Wildman–Crippen MR) is 97.4 cm³/mol. The number of nitrogens with zero attached hydrogens (tertiary/aromatic N) is 5.